The third-order valence-corrected chi connectivity index (χ3v) is 2.57. The van der Waals surface area contributed by atoms with Crippen molar-refractivity contribution in [3.8, 4) is 11.1 Å². The van der Waals surface area contributed by atoms with Gasteiger partial charge in [0.25, 0.3) is 5.91 Å². The van der Waals surface area contributed by atoms with Gasteiger partial charge in [-0.3, -0.25) is 4.79 Å². The highest BCUT2D eigenvalue weighted by molar-refractivity contribution is 5.94. The average Bonchev–Trinajstić information content (AvgIpc) is 2.37. The number of nitrogens with two attached hydrogens (primary N) is 2. The molecule has 2 rings (SSSR count). The Kier molecular flexibility index (Phi) is 3.14. The molecule has 0 saturated heterocycles. The summed E-state index contributed by atoms with van der Waals surface area (Å²) in [5, 5.41) is 2.57. The van der Waals surface area contributed by atoms with Crippen molar-refractivity contribution in [1.82, 2.24) is 10.3 Å². The van der Waals surface area contributed by atoms with Gasteiger partial charge in [-0.15, -0.1) is 0 Å². The number of pyridine rings is 1. The van der Waals surface area contributed by atoms with Crippen molar-refractivity contribution in [2.45, 2.75) is 0 Å². The van der Waals surface area contributed by atoms with E-state index < -0.39 is 0 Å². The van der Waals surface area contributed by atoms with Crippen molar-refractivity contribution >= 4 is 17.5 Å². The van der Waals surface area contributed by atoms with Crippen LogP contribution in [0, 0.1) is 0 Å². The van der Waals surface area contributed by atoms with E-state index in [1.165, 1.54) is 0 Å². The zero-order valence-electron chi connectivity index (χ0n) is 9.97. The summed E-state index contributed by atoms with van der Waals surface area (Å²) in [5.41, 5.74) is 13.7. The van der Waals surface area contributed by atoms with Gasteiger partial charge in [0.05, 0.1) is 0 Å². The molecule has 0 aliphatic carbocycles. The number of nitrogen functional groups attached to an aromatic ring is 2. The first-order chi connectivity index (χ1) is 8.60. The molecule has 0 bridgehead atoms. The smallest absolute Gasteiger partial charge is 0.251 e. The second-order valence-electron chi connectivity index (χ2n) is 3.86. The largest absolute Gasteiger partial charge is 0.384 e. The Hall–Kier alpha value is -2.56. The van der Waals surface area contributed by atoms with Crippen molar-refractivity contribution in [2.75, 3.05) is 18.5 Å². The van der Waals surface area contributed by atoms with Crippen molar-refractivity contribution in [3.63, 3.8) is 0 Å². The van der Waals surface area contributed by atoms with E-state index in [4.69, 9.17) is 11.5 Å². The Morgan fingerprint density at radius 3 is 2.11 bits per heavy atom. The molecule has 2 aromatic rings. The number of carbonyl (C=O) groups excluding carboxylic acids is 1. The van der Waals surface area contributed by atoms with E-state index in [0.29, 0.717) is 17.2 Å². The fraction of sp³-hybridized carbons (Fsp3) is 0.0769. The molecule has 5 nitrogen and oxygen atoms in total. The number of hydrogen-bond acceptors (Lipinski definition) is 4. The minimum atomic E-state index is -0.115. The molecule has 0 aliphatic heterocycles. The lowest BCUT2D eigenvalue weighted by Gasteiger charge is -2.05. The van der Waals surface area contributed by atoms with Gasteiger partial charge in [-0.05, 0) is 35.4 Å². The van der Waals surface area contributed by atoms with Gasteiger partial charge in [0.15, 0.2) is 0 Å². The first kappa shape index (κ1) is 11.9. The quantitative estimate of drug-likeness (QED) is 0.739. The van der Waals surface area contributed by atoms with E-state index >= 15 is 0 Å². The Morgan fingerprint density at radius 2 is 1.61 bits per heavy atom. The molecule has 1 amide bonds. The SMILES string of the molecule is CNC(=O)c1ccc(-c2cc(N)nc(N)c2)cc1. The molecule has 1 heterocycles. The summed E-state index contributed by atoms with van der Waals surface area (Å²) in [6.45, 7) is 0. The molecule has 0 aliphatic rings. The topological polar surface area (TPSA) is 94.0 Å². The fourth-order valence-corrected chi connectivity index (χ4v) is 1.70. The summed E-state index contributed by atoms with van der Waals surface area (Å²) in [6.07, 6.45) is 0. The van der Waals surface area contributed by atoms with E-state index in [2.05, 4.69) is 10.3 Å². The van der Waals surface area contributed by atoms with Gasteiger partial charge in [0, 0.05) is 12.6 Å². The zero-order valence-corrected chi connectivity index (χ0v) is 9.97. The van der Waals surface area contributed by atoms with Gasteiger partial charge in [-0.25, -0.2) is 4.98 Å². The minimum Gasteiger partial charge on any atom is -0.384 e. The lowest BCUT2D eigenvalue weighted by molar-refractivity contribution is 0.0963. The average molecular weight is 242 g/mol. The molecule has 0 spiro atoms. The van der Waals surface area contributed by atoms with Crippen LogP contribution in [0.15, 0.2) is 36.4 Å². The van der Waals surface area contributed by atoms with E-state index in [0.717, 1.165) is 11.1 Å². The lowest BCUT2D eigenvalue weighted by atomic mass is 10.0. The molecular formula is C13H14N4O. The predicted octanol–water partition coefficient (Wildman–Crippen LogP) is 1.27. The van der Waals surface area contributed by atoms with Gasteiger partial charge >= 0.3 is 0 Å². The maximum Gasteiger partial charge on any atom is 0.251 e. The first-order valence-electron chi connectivity index (χ1n) is 5.45. The minimum absolute atomic E-state index is 0.115. The second-order valence-corrected chi connectivity index (χ2v) is 3.86. The number of hydrogen-bond donors (Lipinski definition) is 3. The molecule has 5 heteroatoms. The van der Waals surface area contributed by atoms with Crippen LogP contribution in [0.25, 0.3) is 11.1 Å². The number of benzene rings is 1. The Labute approximate surface area is 105 Å². The van der Waals surface area contributed by atoms with Crippen LogP contribution >= 0.6 is 0 Å². The molecule has 1 aromatic carbocycles. The summed E-state index contributed by atoms with van der Waals surface area (Å²) >= 11 is 0. The summed E-state index contributed by atoms with van der Waals surface area (Å²) in [4.78, 5) is 15.3. The van der Waals surface area contributed by atoms with Crippen LogP contribution in [-0.2, 0) is 0 Å². The number of nitrogens with zero attached hydrogens (tertiary/aromatic N) is 1. The summed E-state index contributed by atoms with van der Waals surface area (Å²) in [5.74, 6) is 0.635. The van der Waals surface area contributed by atoms with Gasteiger partial charge in [-0.1, -0.05) is 12.1 Å². The van der Waals surface area contributed by atoms with Crippen molar-refractivity contribution in [1.29, 1.82) is 0 Å². The highest BCUT2D eigenvalue weighted by Crippen LogP contribution is 2.23. The number of anilines is 2. The van der Waals surface area contributed by atoms with Crippen molar-refractivity contribution in [2.24, 2.45) is 0 Å². The summed E-state index contributed by atoms with van der Waals surface area (Å²) < 4.78 is 0. The molecule has 0 unspecified atom stereocenters. The van der Waals surface area contributed by atoms with E-state index in [1.807, 2.05) is 12.1 Å². The van der Waals surface area contributed by atoms with Gasteiger partial charge < -0.3 is 16.8 Å². The van der Waals surface area contributed by atoms with Gasteiger partial charge in [0.1, 0.15) is 11.6 Å². The fourth-order valence-electron chi connectivity index (χ4n) is 1.70. The molecule has 92 valence electrons. The normalized spacial score (nSPS) is 10.1. The van der Waals surface area contributed by atoms with Crippen LogP contribution in [0.4, 0.5) is 11.6 Å². The van der Waals surface area contributed by atoms with Crippen LogP contribution < -0.4 is 16.8 Å². The maximum atomic E-state index is 11.4. The monoisotopic (exact) mass is 242 g/mol. The van der Waals surface area contributed by atoms with Crippen LogP contribution in [0.1, 0.15) is 10.4 Å². The number of aromatic nitrogens is 1. The van der Waals surface area contributed by atoms with E-state index in [-0.39, 0.29) is 5.91 Å². The van der Waals surface area contributed by atoms with Crippen molar-refractivity contribution < 1.29 is 4.79 Å². The van der Waals surface area contributed by atoms with E-state index in [9.17, 15) is 4.79 Å². The highest BCUT2D eigenvalue weighted by Gasteiger charge is 2.05. The Morgan fingerprint density at radius 1 is 1.06 bits per heavy atom. The van der Waals surface area contributed by atoms with E-state index in [1.54, 1.807) is 31.3 Å². The predicted molar refractivity (Wildman–Crippen MR) is 71.9 cm³/mol. The standard InChI is InChI=1S/C13H14N4O/c1-16-13(18)9-4-2-8(3-5-9)10-6-11(14)17-12(15)7-10/h2-7H,1H3,(H,16,18)(H4,14,15,17). The summed E-state index contributed by atoms with van der Waals surface area (Å²) in [6, 6.07) is 10.7. The molecule has 0 radical (unpaired) electrons. The Bertz CT molecular complexity index is 558. The molecule has 18 heavy (non-hydrogen) atoms. The number of nitrogens with one attached hydrogen (secondary N) is 1. The lowest BCUT2D eigenvalue weighted by Crippen LogP contribution is -2.17. The molecule has 0 saturated carbocycles. The molecule has 1 aromatic heterocycles. The third kappa shape index (κ3) is 2.40. The number of rotatable bonds is 2. The third-order valence-electron chi connectivity index (χ3n) is 2.57. The van der Waals surface area contributed by atoms with Crippen molar-refractivity contribution in [3.05, 3.63) is 42.0 Å². The van der Waals surface area contributed by atoms with Gasteiger partial charge in [0.2, 0.25) is 0 Å². The highest BCUT2D eigenvalue weighted by atomic mass is 16.1. The second kappa shape index (κ2) is 4.75. The maximum absolute atomic E-state index is 11.4. The molecule has 0 atom stereocenters. The first-order valence-corrected chi connectivity index (χ1v) is 5.45. The summed E-state index contributed by atoms with van der Waals surface area (Å²) in [7, 11) is 1.60. The number of carbonyl (C=O) groups is 1. The molecule has 0 fully saturated rings. The van der Waals surface area contributed by atoms with Crippen LogP contribution in [0.5, 0.6) is 0 Å². The number of amides is 1. The van der Waals surface area contributed by atoms with Gasteiger partial charge in [-0.2, -0.15) is 0 Å². The van der Waals surface area contributed by atoms with Crippen LogP contribution in [0.3, 0.4) is 0 Å². The Balaban J connectivity index is 2.37. The molecule has 5 N–H and O–H groups in total. The van der Waals surface area contributed by atoms with Crippen LogP contribution in [-0.4, -0.2) is 17.9 Å². The molecular weight excluding hydrogens is 228 g/mol. The van der Waals surface area contributed by atoms with Crippen LogP contribution in [0.2, 0.25) is 0 Å². The zero-order chi connectivity index (χ0) is 13.1.